The average Bonchev–Trinajstić information content (AvgIpc) is 2.75. The Labute approximate surface area is 122 Å². The second kappa shape index (κ2) is 6.88. The smallest absolute Gasteiger partial charge is 0.222 e. The lowest BCUT2D eigenvalue weighted by molar-refractivity contribution is -0.127. The third kappa shape index (κ3) is 4.34. The zero-order chi connectivity index (χ0) is 14.5. The molecule has 2 rings (SSSR count). The molecule has 0 radical (unpaired) electrons. The normalized spacial score (nSPS) is 18.6. The number of nitrogens with zero attached hydrogens (tertiary/aromatic N) is 1. The van der Waals surface area contributed by atoms with Crippen molar-refractivity contribution in [3.8, 4) is 0 Å². The quantitative estimate of drug-likeness (QED) is 0.837. The fourth-order valence-electron chi connectivity index (χ4n) is 2.37. The lowest BCUT2D eigenvalue weighted by Crippen LogP contribution is -2.27. The van der Waals surface area contributed by atoms with Crippen LogP contribution < -0.4 is 0 Å². The van der Waals surface area contributed by atoms with E-state index in [1.165, 1.54) is 23.9 Å². The molecule has 1 heterocycles. The molecular weight excluding hydrogens is 277 g/mol. The van der Waals surface area contributed by atoms with E-state index in [0.29, 0.717) is 31.7 Å². The van der Waals surface area contributed by atoms with Crippen molar-refractivity contribution in [3.63, 3.8) is 0 Å². The summed E-state index contributed by atoms with van der Waals surface area (Å²) in [7, 11) is 0. The molecule has 1 unspecified atom stereocenters. The highest BCUT2D eigenvalue weighted by molar-refractivity contribution is 8.13. The minimum absolute atomic E-state index is 0.0932. The van der Waals surface area contributed by atoms with E-state index in [0.717, 1.165) is 5.56 Å². The van der Waals surface area contributed by atoms with Crippen LogP contribution in [0.2, 0.25) is 0 Å². The van der Waals surface area contributed by atoms with E-state index in [-0.39, 0.29) is 22.8 Å². The van der Waals surface area contributed by atoms with E-state index in [1.807, 2.05) is 11.0 Å². The summed E-state index contributed by atoms with van der Waals surface area (Å²) in [5.74, 6) is 0.850. The molecule has 1 fully saturated rings. The number of carbonyl (C=O) groups is 2. The molecule has 1 atom stereocenters. The van der Waals surface area contributed by atoms with Crippen molar-refractivity contribution in [2.45, 2.75) is 19.8 Å². The van der Waals surface area contributed by atoms with Gasteiger partial charge in [0.1, 0.15) is 5.82 Å². The number of thioether (sulfide) groups is 1. The first-order chi connectivity index (χ1) is 9.54. The molecule has 1 aromatic carbocycles. The molecule has 5 heteroatoms. The number of rotatable bonds is 5. The lowest BCUT2D eigenvalue weighted by Gasteiger charge is -2.16. The maximum Gasteiger partial charge on any atom is 0.222 e. The molecule has 108 valence electrons. The molecule has 0 aromatic heterocycles. The molecule has 0 bridgehead atoms. The maximum absolute atomic E-state index is 13.1. The Hall–Kier alpha value is -1.36. The van der Waals surface area contributed by atoms with Crippen LogP contribution in [0.3, 0.4) is 0 Å². The fraction of sp³-hybridized carbons (Fsp3) is 0.467. The number of amides is 1. The van der Waals surface area contributed by atoms with Crippen LogP contribution in [0, 0.1) is 11.7 Å². The standard InChI is InChI=1S/C15H18FNO2S/c1-11(18)20-10-13-8-15(19)17(9-13)6-5-12-3-2-4-14(16)7-12/h2-4,7,13H,5-6,8-10H2,1H3. The Morgan fingerprint density at radius 1 is 1.50 bits per heavy atom. The summed E-state index contributed by atoms with van der Waals surface area (Å²) in [6, 6.07) is 6.47. The van der Waals surface area contributed by atoms with Crippen LogP contribution in [0.4, 0.5) is 4.39 Å². The number of hydrogen-bond acceptors (Lipinski definition) is 3. The van der Waals surface area contributed by atoms with Crippen LogP contribution >= 0.6 is 11.8 Å². The van der Waals surface area contributed by atoms with Crippen LogP contribution in [0.5, 0.6) is 0 Å². The zero-order valence-electron chi connectivity index (χ0n) is 11.5. The molecule has 3 nitrogen and oxygen atoms in total. The van der Waals surface area contributed by atoms with Gasteiger partial charge < -0.3 is 4.90 Å². The number of likely N-dealkylation sites (tertiary alicyclic amines) is 1. The van der Waals surface area contributed by atoms with Gasteiger partial charge in [-0.05, 0) is 30.0 Å². The van der Waals surface area contributed by atoms with E-state index in [2.05, 4.69) is 0 Å². The summed E-state index contributed by atoms with van der Waals surface area (Å²) in [5, 5.41) is 0.0932. The van der Waals surface area contributed by atoms with E-state index in [9.17, 15) is 14.0 Å². The third-order valence-corrected chi connectivity index (χ3v) is 4.42. The summed E-state index contributed by atoms with van der Waals surface area (Å²) in [6.07, 6.45) is 1.18. The van der Waals surface area contributed by atoms with Gasteiger partial charge in [0.25, 0.3) is 0 Å². The highest BCUT2D eigenvalue weighted by Crippen LogP contribution is 2.22. The molecular formula is C15H18FNO2S. The first-order valence-electron chi connectivity index (χ1n) is 6.70. The first-order valence-corrected chi connectivity index (χ1v) is 7.68. The van der Waals surface area contributed by atoms with Gasteiger partial charge in [0.15, 0.2) is 5.12 Å². The monoisotopic (exact) mass is 295 g/mol. The highest BCUT2D eigenvalue weighted by atomic mass is 32.2. The van der Waals surface area contributed by atoms with Crippen molar-refractivity contribution in [2.24, 2.45) is 5.92 Å². The molecule has 0 N–H and O–H groups in total. The minimum Gasteiger partial charge on any atom is -0.342 e. The van der Waals surface area contributed by atoms with Gasteiger partial charge in [0.05, 0.1) is 0 Å². The van der Waals surface area contributed by atoms with Gasteiger partial charge in [0.2, 0.25) is 5.91 Å². The maximum atomic E-state index is 13.1. The highest BCUT2D eigenvalue weighted by Gasteiger charge is 2.29. The lowest BCUT2D eigenvalue weighted by atomic mass is 10.1. The van der Waals surface area contributed by atoms with Gasteiger partial charge in [-0.25, -0.2) is 4.39 Å². The van der Waals surface area contributed by atoms with Crippen LogP contribution in [0.15, 0.2) is 24.3 Å². The molecule has 0 aliphatic carbocycles. The van der Waals surface area contributed by atoms with Gasteiger partial charge in [-0.2, -0.15) is 0 Å². The SMILES string of the molecule is CC(=O)SCC1CC(=O)N(CCc2cccc(F)c2)C1. The van der Waals surface area contributed by atoms with Crippen molar-refractivity contribution < 1.29 is 14.0 Å². The second-order valence-corrected chi connectivity index (χ2v) is 6.29. The van der Waals surface area contributed by atoms with Crippen LogP contribution in [0.25, 0.3) is 0 Å². The predicted octanol–water partition coefficient (Wildman–Crippen LogP) is 2.50. The van der Waals surface area contributed by atoms with Gasteiger partial charge in [-0.3, -0.25) is 9.59 Å². The van der Waals surface area contributed by atoms with Crippen LogP contribution in [-0.4, -0.2) is 34.8 Å². The molecule has 1 aliphatic heterocycles. The molecule has 1 aliphatic rings. The summed E-state index contributed by atoms with van der Waals surface area (Å²) in [4.78, 5) is 24.6. The predicted molar refractivity (Wildman–Crippen MR) is 77.9 cm³/mol. The largest absolute Gasteiger partial charge is 0.342 e. The summed E-state index contributed by atoms with van der Waals surface area (Å²) in [6.45, 7) is 2.86. The van der Waals surface area contributed by atoms with Gasteiger partial charge in [0, 0.05) is 32.2 Å². The Bertz CT molecular complexity index is 506. The van der Waals surface area contributed by atoms with E-state index < -0.39 is 0 Å². The minimum atomic E-state index is -0.244. The van der Waals surface area contributed by atoms with Crippen molar-refractivity contribution in [2.75, 3.05) is 18.8 Å². The van der Waals surface area contributed by atoms with E-state index in [4.69, 9.17) is 0 Å². The van der Waals surface area contributed by atoms with Crippen molar-refractivity contribution in [3.05, 3.63) is 35.6 Å². The Kier molecular flexibility index (Phi) is 5.17. The molecule has 0 saturated carbocycles. The van der Waals surface area contributed by atoms with E-state index in [1.54, 1.807) is 13.0 Å². The number of benzene rings is 1. The molecule has 1 aromatic rings. The summed E-state index contributed by atoms with van der Waals surface area (Å²) < 4.78 is 13.1. The second-order valence-electron chi connectivity index (χ2n) is 5.09. The fourth-order valence-corrected chi connectivity index (χ4v) is 3.07. The number of carbonyl (C=O) groups excluding carboxylic acids is 2. The van der Waals surface area contributed by atoms with Gasteiger partial charge in [-0.1, -0.05) is 23.9 Å². The molecule has 1 saturated heterocycles. The van der Waals surface area contributed by atoms with Crippen LogP contribution in [-0.2, 0) is 16.0 Å². The zero-order valence-corrected chi connectivity index (χ0v) is 12.3. The molecule has 1 amide bonds. The first kappa shape index (κ1) is 15.0. The van der Waals surface area contributed by atoms with Crippen molar-refractivity contribution in [1.29, 1.82) is 0 Å². The summed E-state index contributed by atoms with van der Waals surface area (Å²) in [5.41, 5.74) is 0.902. The Balaban J connectivity index is 1.81. The van der Waals surface area contributed by atoms with E-state index >= 15 is 0 Å². The van der Waals surface area contributed by atoms with Crippen molar-refractivity contribution in [1.82, 2.24) is 4.90 Å². The molecule has 20 heavy (non-hydrogen) atoms. The van der Waals surface area contributed by atoms with Gasteiger partial charge >= 0.3 is 0 Å². The number of halogens is 1. The summed E-state index contributed by atoms with van der Waals surface area (Å²) >= 11 is 1.28. The number of hydrogen-bond donors (Lipinski definition) is 0. The molecule has 0 spiro atoms. The Morgan fingerprint density at radius 2 is 2.30 bits per heavy atom. The van der Waals surface area contributed by atoms with Crippen molar-refractivity contribution >= 4 is 22.8 Å². The van der Waals surface area contributed by atoms with Gasteiger partial charge in [-0.15, -0.1) is 0 Å². The van der Waals surface area contributed by atoms with Crippen LogP contribution in [0.1, 0.15) is 18.9 Å². The topological polar surface area (TPSA) is 37.4 Å². The third-order valence-electron chi connectivity index (χ3n) is 3.38. The average molecular weight is 295 g/mol. The Morgan fingerprint density at radius 3 is 3.00 bits per heavy atom.